The molecule has 0 spiro atoms. The van der Waals surface area contributed by atoms with Crippen LogP contribution < -0.4 is 5.73 Å². The number of primary amides is 1. The molecule has 5 nitrogen and oxygen atoms in total. The zero-order valence-corrected chi connectivity index (χ0v) is 10.1. The van der Waals surface area contributed by atoms with Crippen molar-refractivity contribution in [2.24, 2.45) is 5.73 Å². The van der Waals surface area contributed by atoms with Gasteiger partial charge in [-0.05, 0) is 6.07 Å². The highest BCUT2D eigenvalue weighted by atomic mass is 19.1. The lowest BCUT2D eigenvalue weighted by Gasteiger charge is -2.17. The number of methoxy groups -OCH3 is 1. The molecule has 0 bridgehead atoms. The first kappa shape index (κ1) is 14.4. The molecule has 0 saturated carbocycles. The maximum atomic E-state index is 13.6. The number of hydrogen-bond acceptors (Lipinski definition) is 4. The van der Waals surface area contributed by atoms with Crippen molar-refractivity contribution in [2.75, 3.05) is 20.5 Å². The van der Waals surface area contributed by atoms with Gasteiger partial charge in [-0.2, -0.15) is 0 Å². The lowest BCUT2D eigenvalue weighted by Crippen LogP contribution is -2.19. The van der Waals surface area contributed by atoms with E-state index in [2.05, 4.69) is 0 Å². The molecule has 0 aliphatic carbocycles. The molecule has 1 amide bonds. The van der Waals surface area contributed by atoms with Crippen LogP contribution in [0.3, 0.4) is 0 Å². The quantitative estimate of drug-likeness (QED) is 0.599. The Morgan fingerprint density at radius 2 is 2.17 bits per heavy atom. The number of amides is 1. The van der Waals surface area contributed by atoms with Crippen molar-refractivity contribution in [1.29, 1.82) is 0 Å². The number of halogens is 1. The summed E-state index contributed by atoms with van der Waals surface area (Å²) in [5.74, 6) is -0.449. The van der Waals surface area contributed by atoms with Crippen molar-refractivity contribution >= 4 is 6.09 Å². The molecular formula is C12H16FNO4. The molecule has 0 aliphatic heterocycles. The van der Waals surface area contributed by atoms with Crippen molar-refractivity contribution < 1.29 is 23.4 Å². The first-order valence-corrected chi connectivity index (χ1v) is 5.42. The molecule has 1 aromatic carbocycles. The summed E-state index contributed by atoms with van der Waals surface area (Å²) in [7, 11) is 1.49. The van der Waals surface area contributed by atoms with Gasteiger partial charge in [0, 0.05) is 19.1 Å². The second-order valence-corrected chi connectivity index (χ2v) is 3.55. The summed E-state index contributed by atoms with van der Waals surface area (Å²) < 4.78 is 28.2. The van der Waals surface area contributed by atoms with E-state index >= 15 is 0 Å². The molecule has 18 heavy (non-hydrogen) atoms. The molecule has 0 fully saturated rings. The third kappa shape index (κ3) is 4.68. The predicted octanol–water partition coefficient (Wildman–Crippen LogP) is 1.97. The fraction of sp³-hybridized carbons (Fsp3) is 0.417. The summed E-state index contributed by atoms with van der Waals surface area (Å²) >= 11 is 0. The maximum absolute atomic E-state index is 13.6. The third-order valence-electron chi connectivity index (χ3n) is 2.24. The Labute approximate surface area is 105 Å². The minimum absolute atomic E-state index is 0.126. The summed E-state index contributed by atoms with van der Waals surface area (Å²) in [6.07, 6.45) is -1.41. The molecule has 1 unspecified atom stereocenters. The van der Waals surface area contributed by atoms with Gasteiger partial charge in [-0.1, -0.05) is 18.2 Å². The van der Waals surface area contributed by atoms with Gasteiger partial charge in [0.15, 0.2) is 0 Å². The van der Waals surface area contributed by atoms with E-state index in [0.29, 0.717) is 6.42 Å². The summed E-state index contributed by atoms with van der Waals surface area (Å²) in [4.78, 5) is 10.8. The summed E-state index contributed by atoms with van der Waals surface area (Å²) in [5, 5.41) is 0. The lowest BCUT2D eigenvalue weighted by molar-refractivity contribution is -0.0409. The van der Waals surface area contributed by atoms with Crippen molar-refractivity contribution in [3.05, 3.63) is 35.6 Å². The molecule has 0 aromatic heterocycles. The third-order valence-corrected chi connectivity index (χ3v) is 2.24. The topological polar surface area (TPSA) is 70.8 Å². The Hall–Kier alpha value is -1.66. The number of carbonyl (C=O) groups excluding carboxylic acids is 1. The highest BCUT2D eigenvalue weighted by Gasteiger charge is 2.18. The molecule has 0 heterocycles. The Balaban J connectivity index is 2.66. The van der Waals surface area contributed by atoms with Gasteiger partial charge < -0.3 is 19.9 Å². The number of hydrogen-bond donors (Lipinski definition) is 1. The Morgan fingerprint density at radius 1 is 1.44 bits per heavy atom. The zero-order chi connectivity index (χ0) is 13.4. The van der Waals surface area contributed by atoms with Crippen LogP contribution in [0.4, 0.5) is 9.18 Å². The van der Waals surface area contributed by atoms with Crippen LogP contribution >= 0.6 is 0 Å². The van der Waals surface area contributed by atoms with E-state index in [-0.39, 0.29) is 19.0 Å². The van der Waals surface area contributed by atoms with Gasteiger partial charge in [-0.15, -0.1) is 0 Å². The average molecular weight is 257 g/mol. The molecule has 0 saturated heterocycles. The summed E-state index contributed by atoms with van der Waals surface area (Å²) in [6, 6.07) is 6.05. The minimum Gasteiger partial charge on any atom is -0.441 e. The van der Waals surface area contributed by atoms with Crippen LogP contribution in [0.2, 0.25) is 0 Å². The molecule has 6 heteroatoms. The molecule has 2 N–H and O–H groups in total. The van der Waals surface area contributed by atoms with E-state index in [1.807, 2.05) is 0 Å². The Kier molecular flexibility index (Phi) is 6.10. The molecule has 1 atom stereocenters. The molecule has 0 radical (unpaired) electrons. The Morgan fingerprint density at radius 3 is 2.78 bits per heavy atom. The van der Waals surface area contributed by atoms with Gasteiger partial charge in [0.05, 0.1) is 6.61 Å². The maximum Gasteiger partial charge on any atom is 0.405 e. The highest BCUT2D eigenvalue weighted by molar-refractivity contribution is 5.65. The van der Waals surface area contributed by atoms with E-state index in [4.69, 9.17) is 19.9 Å². The van der Waals surface area contributed by atoms with Crippen LogP contribution in [0, 0.1) is 5.82 Å². The van der Waals surface area contributed by atoms with Crippen molar-refractivity contribution in [3.63, 3.8) is 0 Å². The molecule has 1 aromatic rings. The first-order chi connectivity index (χ1) is 8.65. The van der Waals surface area contributed by atoms with Crippen molar-refractivity contribution in [2.45, 2.75) is 12.5 Å². The van der Waals surface area contributed by atoms with Crippen LogP contribution in [0.5, 0.6) is 0 Å². The first-order valence-electron chi connectivity index (χ1n) is 5.42. The van der Waals surface area contributed by atoms with Gasteiger partial charge in [0.25, 0.3) is 0 Å². The standard InChI is InChI=1S/C12H16FNO4/c1-16-8-17-7-6-11(18-12(14)15)9-4-2-3-5-10(9)13/h2-5,11H,6-8H2,1H3,(H2,14,15). The SMILES string of the molecule is COCOCCC(OC(N)=O)c1ccccc1F. The highest BCUT2D eigenvalue weighted by Crippen LogP contribution is 2.23. The molecular weight excluding hydrogens is 241 g/mol. The zero-order valence-electron chi connectivity index (χ0n) is 10.1. The van der Waals surface area contributed by atoms with E-state index in [0.717, 1.165) is 0 Å². The van der Waals surface area contributed by atoms with Gasteiger partial charge >= 0.3 is 6.09 Å². The number of benzene rings is 1. The van der Waals surface area contributed by atoms with Gasteiger partial charge in [-0.25, -0.2) is 9.18 Å². The van der Waals surface area contributed by atoms with Crippen molar-refractivity contribution in [1.82, 2.24) is 0 Å². The van der Waals surface area contributed by atoms with Crippen LogP contribution in [0.15, 0.2) is 24.3 Å². The number of ether oxygens (including phenoxy) is 3. The minimum atomic E-state index is -0.949. The number of rotatable bonds is 7. The van der Waals surface area contributed by atoms with Gasteiger partial charge in [0.1, 0.15) is 18.7 Å². The molecule has 1 rings (SSSR count). The summed E-state index contributed by atoms with van der Waals surface area (Å²) in [6.45, 7) is 0.390. The average Bonchev–Trinajstić information content (AvgIpc) is 2.33. The second-order valence-electron chi connectivity index (χ2n) is 3.55. The van der Waals surface area contributed by atoms with Gasteiger partial charge in [-0.3, -0.25) is 0 Å². The normalized spacial score (nSPS) is 12.1. The number of nitrogens with two attached hydrogens (primary N) is 1. The van der Waals surface area contributed by atoms with Gasteiger partial charge in [0.2, 0.25) is 0 Å². The fourth-order valence-electron chi connectivity index (χ4n) is 1.49. The van der Waals surface area contributed by atoms with E-state index in [1.165, 1.54) is 13.2 Å². The van der Waals surface area contributed by atoms with E-state index in [9.17, 15) is 9.18 Å². The van der Waals surface area contributed by atoms with Crippen LogP contribution in [-0.4, -0.2) is 26.6 Å². The largest absolute Gasteiger partial charge is 0.441 e. The lowest BCUT2D eigenvalue weighted by atomic mass is 10.1. The predicted molar refractivity (Wildman–Crippen MR) is 62.3 cm³/mol. The summed E-state index contributed by atoms with van der Waals surface area (Å²) in [5.41, 5.74) is 5.24. The number of carbonyl (C=O) groups is 1. The second kappa shape index (κ2) is 7.62. The monoisotopic (exact) mass is 257 g/mol. The van der Waals surface area contributed by atoms with Crippen LogP contribution in [-0.2, 0) is 14.2 Å². The van der Waals surface area contributed by atoms with E-state index in [1.54, 1.807) is 18.2 Å². The molecule has 0 aliphatic rings. The fourth-order valence-corrected chi connectivity index (χ4v) is 1.49. The Bertz CT molecular complexity index is 386. The van der Waals surface area contributed by atoms with Crippen LogP contribution in [0.25, 0.3) is 0 Å². The van der Waals surface area contributed by atoms with Crippen LogP contribution in [0.1, 0.15) is 18.1 Å². The van der Waals surface area contributed by atoms with Crippen molar-refractivity contribution in [3.8, 4) is 0 Å². The smallest absolute Gasteiger partial charge is 0.405 e. The van der Waals surface area contributed by atoms with E-state index < -0.39 is 18.0 Å². The molecule has 100 valence electrons.